The number of unbranched alkanes of at least 4 members (excludes halogenated alkanes) is 1. The van der Waals surface area contributed by atoms with Gasteiger partial charge >= 0.3 is 0 Å². The molecule has 1 unspecified atom stereocenters. The van der Waals surface area contributed by atoms with Crippen molar-refractivity contribution < 1.29 is 0 Å². The molecule has 1 rings (SSSR count). The third-order valence-electron chi connectivity index (χ3n) is 2.26. The molecule has 1 aliphatic heterocycles. The fourth-order valence-corrected chi connectivity index (χ4v) is 1.52. The quantitative estimate of drug-likeness (QED) is 0.640. The highest BCUT2D eigenvalue weighted by atomic mass is 15.0. The topological polar surface area (TPSA) is 24.1 Å². The fraction of sp³-hybridized carbons (Fsp3) is 1.00. The van der Waals surface area contributed by atoms with Crippen LogP contribution in [0.25, 0.3) is 0 Å². The molecule has 0 amide bonds. The minimum Gasteiger partial charge on any atom is -0.315 e. The normalized spacial score (nSPS) is 26.5. The van der Waals surface area contributed by atoms with Crippen molar-refractivity contribution in [1.82, 2.24) is 10.6 Å². The van der Waals surface area contributed by atoms with E-state index in [4.69, 9.17) is 0 Å². The second-order valence-electron chi connectivity index (χ2n) is 3.35. The van der Waals surface area contributed by atoms with Crippen molar-refractivity contribution in [1.29, 1.82) is 0 Å². The van der Waals surface area contributed by atoms with Crippen LogP contribution >= 0.6 is 0 Å². The summed E-state index contributed by atoms with van der Waals surface area (Å²) in [7, 11) is 0. The van der Waals surface area contributed by atoms with Crippen molar-refractivity contribution in [3.05, 3.63) is 0 Å². The van der Waals surface area contributed by atoms with E-state index in [0.29, 0.717) is 0 Å². The van der Waals surface area contributed by atoms with Crippen LogP contribution in [0.3, 0.4) is 0 Å². The van der Waals surface area contributed by atoms with Crippen LogP contribution in [-0.4, -0.2) is 25.7 Å². The van der Waals surface area contributed by atoms with Crippen LogP contribution < -0.4 is 10.6 Å². The Labute approximate surface area is 69.8 Å². The van der Waals surface area contributed by atoms with E-state index in [1.807, 2.05) is 0 Å². The minimum atomic E-state index is 0.734. The molecule has 1 fully saturated rings. The summed E-state index contributed by atoms with van der Waals surface area (Å²) < 4.78 is 0. The maximum absolute atomic E-state index is 3.55. The lowest BCUT2D eigenvalue weighted by Crippen LogP contribution is -2.34. The number of nitrogens with one attached hydrogen (secondary N) is 2. The van der Waals surface area contributed by atoms with Gasteiger partial charge in [0.1, 0.15) is 0 Å². The summed E-state index contributed by atoms with van der Waals surface area (Å²) in [6.45, 7) is 5.81. The van der Waals surface area contributed by atoms with Crippen LogP contribution in [0.1, 0.15) is 32.6 Å². The average molecular weight is 156 g/mol. The third-order valence-corrected chi connectivity index (χ3v) is 2.26. The Morgan fingerprint density at radius 3 is 3.09 bits per heavy atom. The van der Waals surface area contributed by atoms with Gasteiger partial charge in [-0.1, -0.05) is 19.8 Å². The first-order valence-corrected chi connectivity index (χ1v) is 4.87. The Morgan fingerprint density at radius 2 is 2.27 bits per heavy atom. The SMILES string of the molecule is CCCCC1CNCCCN1. The van der Waals surface area contributed by atoms with Crippen LogP contribution in [0, 0.1) is 0 Å². The van der Waals surface area contributed by atoms with E-state index in [1.54, 1.807) is 0 Å². The molecule has 66 valence electrons. The molecule has 1 heterocycles. The number of hydrogen-bond acceptors (Lipinski definition) is 2. The van der Waals surface area contributed by atoms with Gasteiger partial charge in [-0.2, -0.15) is 0 Å². The summed E-state index contributed by atoms with van der Waals surface area (Å²) in [5.41, 5.74) is 0. The molecular weight excluding hydrogens is 136 g/mol. The molecule has 1 aliphatic rings. The zero-order valence-corrected chi connectivity index (χ0v) is 7.53. The van der Waals surface area contributed by atoms with E-state index in [2.05, 4.69) is 17.6 Å². The summed E-state index contributed by atoms with van der Waals surface area (Å²) in [5.74, 6) is 0. The van der Waals surface area contributed by atoms with Gasteiger partial charge in [-0.15, -0.1) is 0 Å². The first-order valence-electron chi connectivity index (χ1n) is 4.87. The lowest BCUT2D eigenvalue weighted by atomic mass is 10.1. The molecule has 0 bridgehead atoms. The molecule has 11 heavy (non-hydrogen) atoms. The molecule has 2 nitrogen and oxygen atoms in total. The van der Waals surface area contributed by atoms with Gasteiger partial charge in [0.2, 0.25) is 0 Å². The average Bonchev–Trinajstić information content (AvgIpc) is 2.28. The van der Waals surface area contributed by atoms with Gasteiger partial charge in [0.25, 0.3) is 0 Å². The second-order valence-corrected chi connectivity index (χ2v) is 3.35. The summed E-state index contributed by atoms with van der Waals surface area (Å²) in [6.07, 6.45) is 5.30. The fourth-order valence-electron chi connectivity index (χ4n) is 1.52. The van der Waals surface area contributed by atoms with Gasteiger partial charge in [-0.25, -0.2) is 0 Å². The highest BCUT2D eigenvalue weighted by Gasteiger charge is 2.08. The van der Waals surface area contributed by atoms with Crippen LogP contribution in [0.4, 0.5) is 0 Å². The molecular formula is C9H20N2. The van der Waals surface area contributed by atoms with Crippen molar-refractivity contribution in [3.63, 3.8) is 0 Å². The zero-order chi connectivity index (χ0) is 7.94. The maximum Gasteiger partial charge on any atom is 0.0192 e. The zero-order valence-electron chi connectivity index (χ0n) is 7.53. The van der Waals surface area contributed by atoms with Crippen LogP contribution in [0.5, 0.6) is 0 Å². The van der Waals surface area contributed by atoms with Crippen LogP contribution in [0.15, 0.2) is 0 Å². The summed E-state index contributed by atoms with van der Waals surface area (Å²) in [4.78, 5) is 0. The first kappa shape index (κ1) is 9.01. The largest absolute Gasteiger partial charge is 0.315 e. The lowest BCUT2D eigenvalue weighted by molar-refractivity contribution is 0.477. The molecule has 1 saturated heterocycles. The van der Waals surface area contributed by atoms with E-state index in [-0.39, 0.29) is 0 Å². The standard InChI is InChI=1S/C9H20N2/c1-2-3-5-9-8-10-6-4-7-11-9/h9-11H,2-8H2,1H3. The Morgan fingerprint density at radius 1 is 1.36 bits per heavy atom. The van der Waals surface area contributed by atoms with Crippen molar-refractivity contribution >= 4 is 0 Å². The van der Waals surface area contributed by atoms with Crippen molar-refractivity contribution in [2.24, 2.45) is 0 Å². The van der Waals surface area contributed by atoms with Gasteiger partial charge < -0.3 is 10.6 Å². The Kier molecular flexibility index (Phi) is 4.55. The number of hydrogen-bond donors (Lipinski definition) is 2. The Hall–Kier alpha value is -0.0800. The predicted molar refractivity (Wildman–Crippen MR) is 48.8 cm³/mol. The van der Waals surface area contributed by atoms with E-state index in [1.165, 1.54) is 45.3 Å². The Balaban J connectivity index is 2.09. The summed E-state index contributed by atoms with van der Waals surface area (Å²) >= 11 is 0. The van der Waals surface area contributed by atoms with Crippen molar-refractivity contribution in [2.45, 2.75) is 38.6 Å². The summed E-state index contributed by atoms with van der Waals surface area (Å²) in [6, 6.07) is 0.734. The molecule has 0 radical (unpaired) electrons. The van der Waals surface area contributed by atoms with Gasteiger partial charge in [-0.05, 0) is 25.9 Å². The maximum atomic E-state index is 3.55. The van der Waals surface area contributed by atoms with Crippen molar-refractivity contribution in [2.75, 3.05) is 19.6 Å². The Bertz CT molecular complexity index is 85.6. The van der Waals surface area contributed by atoms with Crippen molar-refractivity contribution in [3.8, 4) is 0 Å². The minimum absolute atomic E-state index is 0.734. The van der Waals surface area contributed by atoms with Crippen LogP contribution in [0.2, 0.25) is 0 Å². The molecule has 2 N–H and O–H groups in total. The third kappa shape index (κ3) is 3.73. The molecule has 0 aromatic heterocycles. The molecule has 2 heteroatoms. The highest BCUT2D eigenvalue weighted by molar-refractivity contribution is 4.72. The van der Waals surface area contributed by atoms with Gasteiger partial charge in [0, 0.05) is 12.6 Å². The predicted octanol–water partition coefficient (Wildman–Crippen LogP) is 1.13. The second kappa shape index (κ2) is 5.56. The van der Waals surface area contributed by atoms with Gasteiger partial charge in [0.05, 0.1) is 0 Å². The van der Waals surface area contributed by atoms with Crippen LogP contribution in [-0.2, 0) is 0 Å². The molecule has 0 aliphatic carbocycles. The molecule has 1 atom stereocenters. The van der Waals surface area contributed by atoms with E-state index in [0.717, 1.165) is 6.04 Å². The first-order chi connectivity index (χ1) is 5.43. The summed E-state index contributed by atoms with van der Waals surface area (Å²) in [5, 5.41) is 7.00. The van der Waals surface area contributed by atoms with E-state index < -0.39 is 0 Å². The lowest BCUT2D eigenvalue weighted by Gasteiger charge is -2.14. The molecule has 0 spiro atoms. The molecule has 0 aromatic rings. The molecule has 0 aromatic carbocycles. The monoisotopic (exact) mass is 156 g/mol. The van der Waals surface area contributed by atoms with Gasteiger partial charge in [-0.3, -0.25) is 0 Å². The van der Waals surface area contributed by atoms with E-state index >= 15 is 0 Å². The smallest absolute Gasteiger partial charge is 0.0192 e. The number of rotatable bonds is 3. The highest BCUT2D eigenvalue weighted by Crippen LogP contribution is 2.01. The van der Waals surface area contributed by atoms with Gasteiger partial charge in [0.15, 0.2) is 0 Å². The molecule has 0 saturated carbocycles. The van der Waals surface area contributed by atoms with E-state index in [9.17, 15) is 0 Å².